The number of carbonyl (C=O) groups is 1. The molecule has 8 heteroatoms. The number of amides is 1. The Morgan fingerprint density at radius 3 is 2.54 bits per heavy atom. The number of pyridine rings is 1. The van der Waals surface area contributed by atoms with Crippen LogP contribution in [0.25, 0.3) is 16.0 Å². The van der Waals surface area contributed by atoms with Crippen molar-refractivity contribution in [1.29, 1.82) is 0 Å². The van der Waals surface area contributed by atoms with Crippen molar-refractivity contribution >= 4 is 46.2 Å². The molecule has 4 rings (SSSR count). The molecule has 1 aliphatic rings. The third-order valence-corrected chi connectivity index (χ3v) is 7.05. The lowest BCUT2D eigenvalue weighted by atomic mass is 10.0. The molecule has 0 aliphatic carbocycles. The van der Waals surface area contributed by atoms with Gasteiger partial charge in [0.1, 0.15) is 11.3 Å². The van der Waals surface area contributed by atoms with Crippen LogP contribution >= 0.6 is 23.8 Å². The Labute approximate surface area is 215 Å². The molecule has 0 N–H and O–H groups in total. The van der Waals surface area contributed by atoms with Crippen molar-refractivity contribution in [2.75, 3.05) is 18.1 Å². The van der Waals surface area contributed by atoms with Crippen LogP contribution in [0.2, 0.25) is 5.02 Å². The van der Waals surface area contributed by atoms with Crippen molar-refractivity contribution in [1.82, 2.24) is 9.88 Å². The molecule has 1 amide bonds. The molecule has 178 valence electrons. The second-order valence-corrected chi connectivity index (χ2v) is 9.50. The zero-order valence-electron chi connectivity index (χ0n) is 19.8. The van der Waals surface area contributed by atoms with E-state index in [0.29, 0.717) is 46.6 Å². The fraction of sp³-hybridized carbons (Fsp3) is 0.259. The van der Waals surface area contributed by atoms with E-state index >= 15 is 0 Å². The van der Waals surface area contributed by atoms with Crippen LogP contribution in [-0.2, 0) is 4.79 Å². The summed E-state index contributed by atoms with van der Waals surface area (Å²) in [6.07, 6.45) is 4.27. The van der Waals surface area contributed by atoms with E-state index in [9.17, 15) is 4.79 Å². The molecule has 0 radical (unpaired) electrons. The lowest BCUT2D eigenvalue weighted by molar-refractivity contribution is -0.123. The van der Waals surface area contributed by atoms with E-state index in [0.717, 1.165) is 16.9 Å². The molecule has 35 heavy (non-hydrogen) atoms. The maximum Gasteiger partial charge on any atom is 0.258 e. The Balaban J connectivity index is 1.40. The molecule has 0 bridgehead atoms. The summed E-state index contributed by atoms with van der Waals surface area (Å²) in [6, 6.07) is 15.2. The van der Waals surface area contributed by atoms with Gasteiger partial charge < -0.3 is 9.64 Å². The number of nitrogens with zero attached hydrogens (tertiary/aromatic N) is 4. The molecule has 0 saturated carbocycles. The monoisotopic (exact) mass is 504 g/mol. The minimum atomic E-state index is -0.806. The number of thiocarbonyl (C=S) groups is 1. The number of hydrogen-bond donors (Lipinski definition) is 0. The van der Waals surface area contributed by atoms with Crippen molar-refractivity contribution in [3.8, 4) is 16.9 Å². The standard InChI is InChI=1S/C27H25ClN4O2S/c1-18-23(13-12-22(29-4)24(18)28)32-25(33)27(2,3)31(26(32)35)15-6-16-34-21-10-8-19(9-11-21)20-7-5-14-30-17-20/h5,7-14,17H,6,15-16H2,1-3H3. The molecule has 1 aliphatic heterocycles. The molecule has 6 nitrogen and oxygen atoms in total. The Morgan fingerprint density at radius 2 is 1.89 bits per heavy atom. The van der Waals surface area contributed by atoms with Crippen LogP contribution in [0, 0.1) is 13.5 Å². The molecule has 0 spiro atoms. The van der Waals surface area contributed by atoms with Crippen LogP contribution in [0.1, 0.15) is 25.8 Å². The van der Waals surface area contributed by atoms with Gasteiger partial charge in [-0.15, -0.1) is 0 Å². The van der Waals surface area contributed by atoms with Crippen LogP contribution in [-0.4, -0.2) is 39.6 Å². The average molecular weight is 505 g/mol. The van der Waals surface area contributed by atoms with E-state index in [4.69, 9.17) is 35.1 Å². The third kappa shape index (κ3) is 4.72. The number of aromatic nitrogens is 1. The summed E-state index contributed by atoms with van der Waals surface area (Å²) in [7, 11) is 0. The predicted octanol–water partition coefficient (Wildman–Crippen LogP) is 6.44. The van der Waals surface area contributed by atoms with Crippen molar-refractivity contribution in [3.05, 3.63) is 82.9 Å². The van der Waals surface area contributed by atoms with Gasteiger partial charge in [0.2, 0.25) is 5.69 Å². The largest absolute Gasteiger partial charge is 0.494 e. The summed E-state index contributed by atoms with van der Waals surface area (Å²) in [5.74, 6) is 0.660. The Kier molecular flexibility index (Phi) is 7.06. The van der Waals surface area contributed by atoms with Crippen LogP contribution in [0.3, 0.4) is 0 Å². The normalized spacial score (nSPS) is 14.8. The molecule has 3 aromatic rings. The van der Waals surface area contributed by atoms with Gasteiger partial charge >= 0.3 is 0 Å². The van der Waals surface area contributed by atoms with E-state index in [2.05, 4.69) is 9.83 Å². The second-order valence-electron chi connectivity index (χ2n) is 8.76. The second kappa shape index (κ2) is 10.0. The summed E-state index contributed by atoms with van der Waals surface area (Å²) in [4.78, 5) is 24.4. The molecule has 1 aromatic heterocycles. The van der Waals surface area contributed by atoms with Gasteiger partial charge in [0.05, 0.1) is 23.9 Å². The Morgan fingerprint density at radius 1 is 1.14 bits per heavy atom. The van der Waals surface area contributed by atoms with Crippen LogP contribution in [0.5, 0.6) is 5.75 Å². The molecular weight excluding hydrogens is 480 g/mol. The highest BCUT2D eigenvalue weighted by atomic mass is 35.5. The van der Waals surface area contributed by atoms with Crippen molar-refractivity contribution in [2.24, 2.45) is 0 Å². The summed E-state index contributed by atoms with van der Waals surface area (Å²) in [6.45, 7) is 13.8. The maximum atomic E-state index is 13.3. The number of ether oxygens (including phenoxy) is 1. The van der Waals surface area contributed by atoms with Gasteiger partial charge in [0.15, 0.2) is 5.11 Å². The third-order valence-electron chi connectivity index (χ3n) is 6.17. The lowest BCUT2D eigenvalue weighted by Crippen LogP contribution is -2.44. The SMILES string of the molecule is [C-]#[N+]c1ccc(N2C(=O)C(C)(C)N(CCCOc3ccc(-c4cccnc4)cc3)C2=S)c(C)c1Cl. The fourth-order valence-corrected chi connectivity index (χ4v) is 4.81. The smallest absolute Gasteiger partial charge is 0.258 e. The quantitative estimate of drug-likeness (QED) is 0.210. The number of carbonyl (C=O) groups excluding carboxylic acids is 1. The van der Waals surface area contributed by atoms with Gasteiger partial charge in [-0.3, -0.25) is 14.7 Å². The van der Waals surface area contributed by atoms with Gasteiger partial charge in [-0.2, -0.15) is 0 Å². The van der Waals surface area contributed by atoms with E-state index in [1.807, 2.05) is 61.3 Å². The van der Waals surface area contributed by atoms with E-state index in [1.165, 1.54) is 4.90 Å². The highest BCUT2D eigenvalue weighted by Crippen LogP contribution is 2.39. The molecule has 0 unspecified atom stereocenters. The lowest BCUT2D eigenvalue weighted by Gasteiger charge is -2.29. The van der Waals surface area contributed by atoms with Crippen molar-refractivity contribution in [2.45, 2.75) is 32.7 Å². The highest BCUT2D eigenvalue weighted by Gasteiger charge is 2.49. The first kappa shape index (κ1) is 24.6. The van der Waals surface area contributed by atoms with Crippen molar-refractivity contribution in [3.63, 3.8) is 0 Å². The zero-order chi connectivity index (χ0) is 25.2. The van der Waals surface area contributed by atoms with Crippen LogP contribution in [0.15, 0.2) is 60.9 Å². The van der Waals surface area contributed by atoms with E-state index < -0.39 is 5.54 Å². The molecule has 1 fully saturated rings. The van der Waals surface area contributed by atoms with E-state index in [1.54, 1.807) is 25.3 Å². The summed E-state index contributed by atoms with van der Waals surface area (Å²) < 4.78 is 5.93. The van der Waals surface area contributed by atoms with Gasteiger partial charge in [-0.25, -0.2) is 4.85 Å². The fourth-order valence-electron chi connectivity index (χ4n) is 4.10. The first-order valence-electron chi connectivity index (χ1n) is 11.2. The summed E-state index contributed by atoms with van der Waals surface area (Å²) in [5, 5.41) is 0.767. The first-order valence-corrected chi connectivity index (χ1v) is 12.0. The number of anilines is 1. The average Bonchev–Trinajstić information content (AvgIpc) is 3.03. The van der Waals surface area contributed by atoms with Gasteiger partial charge in [-0.1, -0.05) is 35.9 Å². The van der Waals surface area contributed by atoms with Gasteiger partial charge in [-0.05, 0) is 80.4 Å². The molecule has 1 saturated heterocycles. The van der Waals surface area contributed by atoms with Crippen LogP contribution in [0.4, 0.5) is 11.4 Å². The summed E-state index contributed by atoms with van der Waals surface area (Å²) >= 11 is 12.1. The summed E-state index contributed by atoms with van der Waals surface area (Å²) in [5.41, 5.74) is 2.95. The highest BCUT2D eigenvalue weighted by molar-refractivity contribution is 7.80. The number of halogens is 1. The number of hydrogen-bond acceptors (Lipinski definition) is 4. The topological polar surface area (TPSA) is 50.0 Å². The minimum absolute atomic E-state index is 0.121. The maximum absolute atomic E-state index is 13.3. The predicted molar refractivity (Wildman–Crippen MR) is 143 cm³/mol. The Bertz CT molecular complexity index is 1300. The molecule has 0 atom stereocenters. The molecular formula is C27H25ClN4O2S. The molecule has 2 aromatic carbocycles. The molecule has 2 heterocycles. The first-order chi connectivity index (χ1) is 16.8. The zero-order valence-corrected chi connectivity index (χ0v) is 21.4. The van der Waals surface area contributed by atoms with E-state index in [-0.39, 0.29) is 5.91 Å². The minimum Gasteiger partial charge on any atom is -0.494 e. The van der Waals surface area contributed by atoms with Crippen LogP contribution < -0.4 is 9.64 Å². The Hall–Kier alpha value is -3.47. The van der Waals surface area contributed by atoms with Gasteiger partial charge in [0, 0.05) is 18.9 Å². The number of benzene rings is 2. The van der Waals surface area contributed by atoms with Gasteiger partial charge in [0.25, 0.3) is 5.91 Å². The van der Waals surface area contributed by atoms with Crippen molar-refractivity contribution < 1.29 is 9.53 Å². The number of rotatable bonds is 7.